The molecule has 0 spiro atoms. The number of aromatic nitrogens is 1. The lowest BCUT2D eigenvalue weighted by atomic mass is 9.69. The number of ether oxygens (including phenoxy) is 2. The van der Waals surface area contributed by atoms with Gasteiger partial charge in [0.05, 0.1) is 12.2 Å². The number of carbonyl (C=O) groups excluding carboxylic acids is 3. The normalized spacial score (nSPS) is 27.0. The van der Waals surface area contributed by atoms with Crippen molar-refractivity contribution in [2.75, 3.05) is 13.2 Å². The zero-order valence-corrected chi connectivity index (χ0v) is 18.2. The van der Waals surface area contributed by atoms with Crippen LogP contribution in [0.25, 0.3) is 0 Å². The topological polar surface area (TPSA) is 97.5 Å². The van der Waals surface area contributed by atoms with Crippen LogP contribution in [0.15, 0.2) is 0 Å². The van der Waals surface area contributed by atoms with E-state index in [0.717, 1.165) is 12.8 Å². The van der Waals surface area contributed by atoms with Gasteiger partial charge in [0.1, 0.15) is 5.69 Å². The second-order valence-corrected chi connectivity index (χ2v) is 9.15. The Hall–Kier alpha value is -2.31. The smallest absolute Gasteiger partial charge is 0.355 e. The molecule has 1 aromatic heterocycles. The second-order valence-electron chi connectivity index (χ2n) is 9.15. The Morgan fingerprint density at radius 2 is 1.83 bits per heavy atom. The Balaban J connectivity index is 1.60. The standard InChI is InChI=1S/C22H32N2O5/c1-7-28-19(26)17-12(2)18(23-13(17)3)20(27)29-11-16(25)24-15-10-14-8-9-22(15,6)21(14,4)5/h14-15,23H,7-11H2,1-6H3,(H,24,25)/t14-,15-,22-/m1/s1. The number of aryl methyl sites for hydroxylation is 1. The number of hydrogen-bond donors (Lipinski definition) is 2. The van der Waals surface area contributed by atoms with E-state index < -0.39 is 11.9 Å². The number of amides is 1. The summed E-state index contributed by atoms with van der Waals surface area (Å²) in [6.45, 7) is 11.8. The van der Waals surface area contributed by atoms with Gasteiger partial charge in [-0.2, -0.15) is 0 Å². The third-order valence-corrected chi connectivity index (χ3v) is 7.58. The van der Waals surface area contributed by atoms with E-state index in [-0.39, 0.29) is 41.7 Å². The molecule has 29 heavy (non-hydrogen) atoms. The SMILES string of the molecule is CCOC(=O)c1c(C)[nH]c(C(=O)OCC(=O)N[C@@H]2C[C@H]3CC[C@@]2(C)C3(C)C)c1C. The molecule has 2 saturated carbocycles. The van der Waals surface area contributed by atoms with Crippen LogP contribution in [0.2, 0.25) is 0 Å². The zero-order chi connectivity index (χ0) is 21.6. The Kier molecular flexibility index (Phi) is 5.54. The van der Waals surface area contributed by atoms with Gasteiger partial charge in [0.25, 0.3) is 5.91 Å². The quantitative estimate of drug-likeness (QED) is 0.709. The van der Waals surface area contributed by atoms with Gasteiger partial charge in [0.15, 0.2) is 6.61 Å². The number of carbonyl (C=O) groups is 3. The van der Waals surface area contributed by atoms with Crippen molar-refractivity contribution in [3.8, 4) is 0 Å². The highest BCUT2D eigenvalue weighted by molar-refractivity contribution is 5.99. The lowest BCUT2D eigenvalue weighted by Crippen LogP contribution is -2.48. The van der Waals surface area contributed by atoms with E-state index in [1.54, 1.807) is 20.8 Å². The van der Waals surface area contributed by atoms with Crippen LogP contribution in [0.4, 0.5) is 0 Å². The summed E-state index contributed by atoms with van der Waals surface area (Å²) >= 11 is 0. The van der Waals surface area contributed by atoms with E-state index >= 15 is 0 Å². The maximum absolute atomic E-state index is 12.5. The van der Waals surface area contributed by atoms with Crippen LogP contribution < -0.4 is 5.32 Å². The van der Waals surface area contributed by atoms with Crippen LogP contribution in [0, 0.1) is 30.6 Å². The first-order chi connectivity index (χ1) is 13.5. The van der Waals surface area contributed by atoms with Gasteiger partial charge in [0.2, 0.25) is 0 Å². The van der Waals surface area contributed by atoms with E-state index in [4.69, 9.17) is 9.47 Å². The summed E-state index contributed by atoms with van der Waals surface area (Å²) in [5, 5.41) is 3.08. The number of aromatic amines is 1. The number of nitrogens with one attached hydrogen (secondary N) is 2. The maximum atomic E-state index is 12.5. The van der Waals surface area contributed by atoms with E-state index in [1.807, 2.05) is 0 Å². The molecule has 1 amide bonds. The minimum absolute atomic E-state index is 0.0685. The van der Waals surface area contributed by atoms with Gasteiger partial charge in [-0.3, -0.25) is 4.79 Å². The van der Waals surface area contributed by atoms with Crippen molar-refractivity contribution < 1.29 is 23.9 Å². The molecule has 0 saturated heterocycles. The third-order valence-electron chi connectivity index (χ3n) is 7.58. The molecular weight excluding hydrogens is 372 g/mol. The van der Waals surface area contributed by atoms with Gasteiger partial charge in [-0.25, -0.2) is 9.59 Å². The Morgan fingerprint density at radius 1 is 1.14 bits per heavy atom. The fraction of sp³-hybridized carbons (Fsp3) is 0.682. The van der Waals surface area contributed by atoms with Crippen LogP contribution in [0.3, 0.4) is 0 Å². The summed E-state index contributed by atoms with van der Waals surface area (Å²) in [6.07, 6.45) is 3.28. The highest BCUT2D eigenvalue weighted by Crippen LogP contribution is 2.65. The molecular formula is C22H32N2O5. The van der Waals surface area contributed by atoms with E-state index in [0.29, 0.717) is 22.7 Å². The van der Waals surface area contributed by atoms with Crippen LogP contribution in [0.5, 0.6) is 0 Å². The monoisotopic (exact) mass is 404 g/mol. The molecule has 1 heterocycles. The largest absolute Gasteiger partial charge is 0.462 e. The maximum Gasteiger partial charge on any atom is 0.355 e. The van der Waals surface area contributed by atoms with Crippen molar-refractivity contribution in [2.24, 2.45) is 16.7 Å². The van der Waals surface area contributed by atoms with Crippen LogP contribution >= 0.6 is 0 Å². The first kappa shape index (κ1) is 21.4. The number of H-pyrrole nitrogens is 1. The molecule has 2 bridgehead atoms. The van der Waals surface area contributed by atoms with Crippen molar-refractivity contribution in [2.45, 2.75) is 66.8 Å². The predicted octanol–water partition coefficient (Wildman–Crippen LogP) is 3.30. The van der Waals surface area contributed by atoms with E-state index in [2.05, 4.69) is 31.1 Å². The average molecular weight is 405 g/mol. The van der Waals surface area contributed by atoms with E-state index in [9.17, 15) is 14.4 Å². The summed E-state index contributed by atoms with van der Waals surface area (Å²) in [7, 11) is 0. The first-order valence-corrected chi connectivity index (χ1v) is 10.4. The Morgan fingerprint density at radius 3 is 2.38 bits per heavy atom. The molecule has 0 unspecified atom stereocenters. The van der Waals surface area contributed by atoms with Gasteiger partial charge in [0, 0.05) is 11.7 Å². The molecule has 3 atom stereocenters. The summed E-state index contributed by atoms with van der Waals surface area (Å²) in [5.41, 5.74) is 1.78. The Labute approximate surface area is 171 Å². The molecule has 7 nitrogen and oxygen atoms in total. The van der Waals surface area contributed by atoms with Gasteiger partial charge < -0.3 is 19.8 Å². The highest BCUT2D eigenvalue weighted by Gasteiger charge is 2.61. The van der Waals surface area contributed by atoms with Crippen molar-refractivity contribution in [1.82, 2.24) is 10.3 Å². The molecule has 3 rings (SSSR count). The fourth-order valence-electron chi connectivity index (χ4n) is 5.32. The minimum atomic E-state index is -0.657. The van der Waals surface area contributed by atoms with Gasteiger partial charge in [-0.15, -0.1) is 0 Å². The first-order valence-electron chi connectivity index (χ1n) is 10.4. The van der Waals surface area contributed by atoms with Gasteiger partial charge in [-0.1, -0.05) is 20.8 Å². The summed E-state index contributed by atoms with van der Waals surface area (Å²) in [4.78, 5) is 39.9. The van der Waals surface area contributed by atoms with Gasteiger partial charge >= 0.3 is 11.9 Å². The zero-order valence-electron chi connectivity index (χ0n) is 18.2. The van der Waals surface area contributed by atoms with Crippen LogP contribution in [0.1, 0.15) is 79.1 Å². The number of fused-ring (bicyclic) bond motifs is 2. The lowest BCUT2D eigenvalue weighted by Gasteiger charge is -2.39. The van der Waals surface area contributed by atoms with Crippen molar-refractivity contribution in [3.05, 3.63) is 22.5 Å². The molecule has 0 aromatic carbocycles. The van der Waals surface area contributed by atoms with Gasteiger partial charge in [-0.05, 0) is 62.3 Å². The molecule has 2 fully saturated rings. The van der Waals surface area contributed by atoms with Crippen LogP contribution in [-0.4, -0.2) is 42.1 Å². The molecule has 1 aromatic rings. The number of hydrogen-bond acceptors (Lipinski definition) is 5. The van der Waals surface area contributed by atoms with Crippen molar-refractivity contribution >= 4 is 17.8 Å². The number of esters is 2. The Bertz CT molecular complexity index is 841. The third kappa shape index (κ3) is 3.45. The molecule has 2 aliphatic carbocycles. The molecule has 0 aliphatic heterocycles. The minimum Gasteiger partial charge on any atom is -0.462 e. The van der Waals surface area contributed by atoms with Crippen LogP contribution in [-0.2, 0) is 14.3 Å². The molecule has 7 heteroatoms. The number of rotatable bonds is 6. The van der Waals surface area contributed by atoms with E-state index in [1.165, 1.54) is 6.42 Å². The van der Waals surface area contributed by atoms with Crippen molar-refractivity contribution in [1.29, 1.82) is 0 Å². The average Bonchev–Trinajstić information content (AvgIpc) is 3.13. The molecule has 2 N–H and O–H groups in total. The predicted molar refractivity (Wildman–Crippen MR) is 108 cm³/mol. The summed E-state index contributed by atoms with van der Waals surface area (Å²) < 4.78 is 10.3. The van der Waals surface area contributed by atoms with Crippen molar-refractivity contribution in [3.63, 3.8) is 0 Å². The summed E-state index contributed by atoms with van der Waals surface area (Å²) in [6, 6.07) is 0.104. The molecule has 160 valence electrons. The molecule has 0 radical (unpaired) electrons. The lowest BCUT2D eigenvalue weighted by molar-refractivity contribution is -0.126. The highest BCUT2D eigenvalue weighted by atomic mass is 16.5. The fourth-order valence-corrected chi connectivity index (χ4v) is 5.32. The second kappa shape index (κ2) is 7.50. The summed E-state index contributed by atoms with van der Waals surface area (Å²) in [5.74, 6) is -0.816. The molecule has 2 aliphatic rings.